The van der Waals surface area contributed by atoms with Crippen molar-refractivity contribution in [2.24, 2.45) is 0 Å². The Morgan fingerprint density at radius 2 is 0.917 bits per heavy atom. The van der Waals surface area contributed by atoms with Crippen LogP contribution < -0.4 is 0 Å². The van der Waals surface area contributed by atoms with Crippen LogP contribution in [0.3, 0.4) is 0 Å². The number of rotatable bonds is 6. The quantitative estimate of drug-likeness (QED) is 0.115. The van der Waals surface area contributed by atoms with E-state index in [0.29, 0.717) is 22.3 Å². The number of hydrogen-bond donors (Lipinski definition) is 0. The molecule has 0 unspecified atom stereocenters. The molecule has 0 radical (unpaired) electrons. The van der Waals surface area contributed by atoms with Gasteiger partial charge in [-0.3, -0.25) is 9.59 Å². The lowest BCUT2D eigenvalue weighted by molar-refractivity contribution is 0.103. The van der Waals surface area contributed by atoms with Gasteiger partial charge in [0.05, 0.1) is 0 Å². The van der Waals surface area contributed by atoms with Crippen LogP contribution in [-0.4, -0.2) is 11.6 Å². The van der Waals surface area contributed by atoms with E-state index in [0.717, 1.165) is 7.14 Å². The average molecular weight is 704 g/mol. The van der Waals surface area contributed by atoms with Crippen LogP contribution in [0.2, 0.25) is 0 Å². The van der Waals surface area contributed by atoms with Crippen molar-refractivity contribution in [1.82, 2.24) is 0 Å². The number of carbonyl (C=O) groups excluding carboxylic acids is 2. The maximum absolute atomic E-state index is 12.9. The second-order valence-electron chi connectivity index (χ2n) is 7.52. The van der Waals surface area contributed by atoms with Gasteiger partial charge in [-0.1, -0.05) is 60.7 Å². The molecule has 0 saturated heterocycles. The summed E-state index contributed by atoms with van der Waals surface area (Å²) in [7, 11) is 0. The van der Waals surface area contributed by atoms with E-state index in [4.69, 9.17) is 0 Å². The van der Waals surface area contributed by atoms with E-state index in [1.54, 1.807) is 60.7 Å². The molecule has 36 heavy (non-hydrogen) atoms. The fourth-order valence-corrected chi connectivity index (χ4v) is 3.70. The molecule has 0 fully saturated rings. The summed E-state index contributed by atoms with van der Waals surface area (Å²) in [4.78, 5) is 23.7. The van der Waals surface area contributed by atoms with Crippen molar-refractivity contribution >= 4 is 68.9 Å². The van der Waals surface area contributed by atoms with Crippen LogP contribution in [0.25, 0.3) is 12.2 Å². The summed E-state index contributed by atoms with van der Waals surface area (Å²) in [5.41, 5.74) is 2.61. The number of allylic oxidation sites excluding steroid dienone is 2. The van der Waals surface area contributed by atoms with Crippen LogP contribution >= 0.6 is 45.2 Å². The first-order valence-electron chi connectivity index (χ1n) is 10.8. The Kier molecular flexibility index (Phi) is 10.7. The normalized spacial score (nSPS) is 10.8. The molecule has 0 aliphatic heterocycles. The lowest BCUT2D eigenvalue weighted by Crippen LogP contribution is -1.93. The van der Waals surface area contributed by atoms with Gasteiger partial charge in [0.1, 0.15) is 11.6 Å². The summed E-state index contributed by atoms with van der Waals surface area (Å²) in [6.45, 7) is 0. The Morgan fingerprint density at radius 3 is 1.25 bits per heavy atom. The molecule has 4 aromatic rings. The Morgan fingerprint density at radius 1 is 0.556 bits per heavy atom. The lowest BCUT2D eigenvalue weighted by Gasteiger charge is -1.96. The molecule has 0 atom stereocenters. The molecule has 2 nitrogen and oxygen atoms in total. The van der Waals surface area contributed by atoms with Gasteiger partial charge in [-0.25, -0.2) is 8.78 Å². The topological polar surface area (TPSA) is 34.1 Å². The number of carbonyl (C=O) groups is 2. The molecule has 0 saturated carbocycles. The molecule has 180 valence electrons. The maximum atomic E-state index is 12.9. The number of benzene rings is 4. The number of halogens is 4. The molecule has 4 rings (SSSR count). The zero-order chi connectivity index (χ0) is 25.9. The van der Waals surface area contributed by atoms with Gasteiger partial charge in [0.15, 0.2) is 11.6 Å². The third kappa shape index (κ3) is 9.23. The van der Waals surface area contributed by atoms with E-state index in [9.17, 15) is 18.4 Å². The van der Waals surface area contributed by atoms with Crippen molar-refractivity contribution in [2.75, 3.05) is 0 Å². The van der Waals surface area contributed by atoms with Gasteiger partial charge >= 0.3 is 0 Å². The number of hydrogen-bond acceptors (Lipinski definition) is 2. The van der Waals surface area contributed by atoms with Crippen LogP contribution in [0, 0.1) is 18.8 Å². The summed E-state index contributed by atoms with van der Waals surface area (Å²) in [6, 6.07) is 26.9. The molecule has 0 heterocycles. The molecule has 0 aromatic heterocycles. The third-order valence-electron chi connectivity index (χ3n) is 4.81. The molecule has 4 aromatic carbocycles. The van der Waals surface area contributed by atoms with E-state index < -0.39 is 0 Å². The molecule has 0 aliphatic carbocycles. The molecule has 0 aliphatic rings. The van der Waals surface area contributed by atoms with Crippen molar-refractivity contribution in [1.29, 1.82) is 0 Å². The fraction of sp³-hybridized carbons (Fsp3) is 0. The van der Waals surface area contributed by atoms with Gasteiger partial charge in [0.2, 0.25) is 0 Å². The molecule has 0 bridgehead atoms. The molecule has 6 heteroatoms. The van der Waals surface area contributed by atoms with E-state index in [1.165, 1.54) is 36.4 Å². The minimum absolute atomic E-state index is 0.0874. The Balaban J connectivity index is 0.000000201. The minimum Gasteiger partial charge on any atom is -0.289 e. The first-order chi connectivity index (χ1) is 17.3. The van der Waals surface area contributed by atoms with Crippen molar-refractivity contribution in [3.8, 4) is 0 Å². The smallest absolute Gasteiger partial charge is 0.185 e. The highest BCUT2D eigenvalue weighted by molar-refractivity contribution is 14.1. The van der Waals surface area contributed by atoms with Crippen molar-refractivity contribution in [2.45, 2.75) is 0 Å². The second-order valence-corrected chi connectivity index (χ2v) is 10.0. The van der Waals surface area contributed by atoms with Crippen LogP contribution in [0.4, 0.5) is 8.78 Å². The fourth-order valence-electron chi connectivity index (χ4n) is 2.99. The van der Waals surface area contributed by atoms with Crippen molar-refractivity contribution < 1.29 is 18.4 Å². The summed E-state index contributed by atoms with van der Waals surface area (Å²) in [5.74, 6) is -0.788. The summed E-state index contributed by atoms with van der Waals surface area (Å²) in [5, 5.41) is 0. The van der Waals surface area contributed by atoms with Gasteiger partial charge in [-0.15, -0.1) is 0 Å². The van der Waals surface area contributed by atoms with Crippen LogP contribution in [0.15, 0.2) is 109 Å². The lowest BCUT2D eigenvalue weighted by atomic mass is 10.1. The Bertz CT molecular complexity index is 1280. The van der Waals surface area contributed by atoms with Gasteiger partial charge < -0.3 is 0 Å². The molecular weight excluding hydrogens is 684 g/mol. The highest BCUT2D eigenvalue weighted by Gasteiger charge is 2.02. The van der Waals surface area contributed by atoms with E-state index in [-0.39, 0.29) is 23.2 Å². The standard InChI is InChI=1S/2C15H10FIO/c2*16-13-3-1-2-11(10-13)4-9-15(18)12-5-7-14(17)8-6-12/h2*1-10H/b2*9-4+. The van der Waals surface area contributed by atoms with Gasteiger partial charge in [-0.2, -0.15) is 0 Å². The van der Waals surface area contributed by atoms with Crippen LogP contribution in [0.1, 0.15) is 31.8 Å². The van der Waals surface area contributed by atoms with Crippen LogP contribution in [-0.2, 0) is 0 Å². The van der Waals surface area contributed by atoms with E-state index >= 15 is 0 Å². The summed E-state index contributed by atoms with van der Waals surface area (Å²) >= 11 is 4.37. The number of ketones is 2. The van der Waals surface area contributed by atoms with E-state index in [2.05, 4.69) is 45.2 Å². The van der Waals surface area contributed by atoms with Crippen molar-refractivity contribution in [3.05, 3.63) is 150 Å². The maximum Gasteiger partial charge on any atom is 0.185 e. The third-order valence-corrected chi connectivity index (χ3v) is 6.25. The molecule has 0 amide bonds. The second kappa shape index (κ2) is 13.9. The predicted octanol–water partition coefficient (Wildman–Crippen LogP) is 8.65. The van der Waals surface area contributed by atoms with Gasteiger partial charge in [0, 0.05) is 18.3 Å². The minimum atomic E-state index is -0.307. The van der Waals surface area contributed by atoms with E-state index in [1.807, 2.05) is 24.3 Å². The Hall–Kier alpha value is -2.98. The summed E-state index contributed by atoms with van der Waals surface area (Å²) in [6.07, 6.45) is 6.14. The Labute approximate surface area is 236 Å². The highest BCUT2D eigenvalue weighted by Crippen LogP contribution is 2.11. The SMILES string of the molecule is O=C(/C=C/c1cccc(F)c1)c1ccc(I)cc1.O=C(/C=C/c1cccc(F)c1)c1ccc(I)cc1. The first-order valence-corrected chi connectivity index (χ1v) is 12.9. The largest absolute Gasteiger partial charge is 0.289 e. The zero-order valence-corrected chi connectivity index (χ0v) is 23.2. The van der Waals surface area contributed by atoms with Gasteiger partial charge in [0.25, 0.3) is 0 Å². The predicted molar refractivity (Wildman–Crippen MR) is 158 cm³/mol. The zero-order valence-electron chi connectivity index (χ0n) is 18.9. The van der Waals surface area contributed by atoms with Crippen LogP contribution in [0.5, 0.6) is 0 Å². The molecular formula is C30H20F2I2O2. The highest BCUT2D eigenvalue weighted by atomic mass is 127. The first kappa shape index (κ1) is 27.6. The average Bonchev–Trinajstić information content (AvgIpc) is 2.87. The van der Waals surface area contributed by atoms with Crippen molar-refractivity contribution in [3.63, 3.8) is 0 Å². The van der Waals surface area contributed by atoms with Gasteiger partial charge in [-0.05, 0) is 117 Å². The molecule has 0 N–H and O–H groups in total. The monoisotopic (exact) mass is 704 g/mol. The summed E-state index contributed by atoms with van der Waals surface area (Å²) < 4.78 is 28.0. The molecule has 0 spiro atoms.